The number of benzene rings is 1. The molecule has 0 spiro atoms. The number of nitrogens with one attached hydrogen (secondary N) is 1. The fraction of sp³-hybridized carbons (Fsp3) is 0.571. The van der Waals surface area contributed by atoms with Crippen molar-refractivity contribution in [3.05, 3.63) is 28.8 Å². The molecule has 3 heteroatoms. The van der Waals surface area contributed by atoms with Crippen LogP contribution in [0.2, 0.25) is 5.02 Å². The minimum absolute atomic E-state index is 0.758. The number of unbranched alkanes of at least 4 members (excludes halogenated alkanes) is 3. The molecule has 1 aromatic rings. The summed E-state index contributed by atoms with van der Waals surface area (Å²) in [6.07, 6.45) is 4.90. The lowest BCUT2D eigenvalue weighted by Crippen LogP contribution is -2.08. The Morgan fingerprint density at radius 1 is 1.24 bits per heavy atom. The maximum Gasteiger partial charge on any atom is 0.123 e. The fourth-order valence-electron chi connectivity index (χ4n) is 1.73. The van der Waals surface area contributed by atoms with Gasteiger partial charge in [0, 0.05) is 17.1 Å². The van der Waals surface area contributed by atoms with Gasteiger partial charge in [-0.05, 0) is 31.7 Å². The highest BCUT2D eigenvalue weighted by molar-refractivity contribution is 6.30. The molecular formula is C14H22ClNO. The van der Waals surface area contributed by atoms with Crippen molar-refractivity contribution < 1.29 is 4.74 Å². The van der Waals surface area contributed by atoms with Gasteiger partial charge in [-0.15, -0.1) is 0 Å². The molecule has 0 aliphatic heterocycles. The predicted molar refractivity (Wildman–Crippen MR) is 73.9 cm³/mol. The molecule has 1 aromatic carbocycles. The second kappa shape index (κ2) is 8.37. The number of ether oxygens (including phenoxy) is 1. The first-order valence-corrected chi connectivity index (χ1v) is 6.71. The third-order valence-electron chi connectivity index (χ3n) is 2.65. The van der Waals surface area contributed by atoms with E-state index >= 15 is 0 Å². The third kappa shape index (κ3) is 5.42. The van der Waals surface area contributed by atoms with Crippen LogP contribution in [0, 0.1) is 0 Å². The van der Waals surface area contributed by atoms with Gasteiger partial charge in [-0.2, -0.15) is 0 Å². The average molecular weight is 256 g/mol. The standard InChI is InChI=1S/C14H22ClNO/c1-3-4-5-6-9-17-14-8-7-13(15)10-12(14)11-16-2/h7-8,10,16H,3-6,9,11H2,1-2H3. The predicted octanol–water partition coefficient (Wildman–Crippen LogP) is 4.02. The first-order chi connectivity index (χ1) is 8.27. The van der Waals surface area contributed by atoms with Crippen LogP contribution in [0.1, 0.15) is 38.2 Å². The first kappa shape index (κ1) is 14.3. The van der Waals surface area contributed by atoms with Gasteiger partial charge in [-0.1, -0.05) is 37.8 Å². The monoisotopic (exact) mass is 255 g/mol. The summed E-state index contributed by atoms with van der Waals surface area (Å²) in [5.41, 5.74) is 1.12. The van der Waals surface area contributed by atoms with Gasteiger partial charge in [0.2, 0.25) is 0 Å². The second-order valence-corrected chi connectivity index (χ2v) is 4.63. The van der Waals surface area contributed by atoms with Crippen LogP contribution in [0.15, 0.2) is 18.2 Å². The van der Waals surface area contributed by atoms with E-state index in [1.807, 2.05) is 25.2 Å². The molecule has 0 bridgehead atoms. The van der Waals surface area contributed by atoms with Gasteiger partial charge in [0.05, 0.1) is 6.61 Å². The second-order valence-electron chi connectivity index (χ2n) is 4.19. The fourth-order valence-corrected chi connectivity index (χ4v) is 1.92. The molecule has 0 saturated heterocycles. The number of rotatable bonds is 8. The Morgan fingerprint density at radius 3 is 2.76 bits per heavy atom. The van der Waals surface area contributed by atoms with Crippen molar-refractivity contribution in [2.75, 3.05) is 13.7 Å². The van der Waals surface area contributed by atoms with E-state index < -0.39 is 0 Å². The molecule has 0 saturated carbocycles. The molecule has 1 rings (SSSR count). The third-order valence-corrected chi connectivity index (χ3v) is 2.88. The molecule has 0 heterocycles. The van der Waals surface area contributed by atoms with E-state index in [-0.39, 0.29) is 0 Å². The van der Waals surface area contributed by atoms with E-state index in [1.165, 1.54) is 19.3 Å². The van der Waals surface area contributed by atoms with Gasteiger partial charge in [-0.3, -0.25) is 0 Å². The minimum Gasteiger partial charge on any atom is -0.493 e. The highest BCUT2D eigenvalue weighted by Crippen LogP contribution is 2.23. The molecular weight excluding hydrogens is 234 g/mol. The molecule has 0 fully saturated rings. The van der Waals surface area contributed by atoms with E-state index in [0.29, 0.717) is 0 Å². The molecule has 0 amide bonds. The summed E-state index contributed by atoms with van der Waals surface area (Å²) in [6, 6.07) is 5.79. The molecule has 17 heavy (non-hydrogen) atoms. The van der Waals surface area contributed by atoms with Crippen LogP contribution in [0.5, 0.6) is 5.75 Å². The van der Waals surface area contributed by atoms with Crippen molar-refractivity contribution in [3.63, 3.8) is 0 Å². The molecule has 0 aromatic heterocycles. The van der Waals surface area contributed by atoms with Crippen LogP contribution in [0.3, 0.4) is 0 Å². The van der Waals surface area contributed by atoms with Crippen molar-refractivity contribution in [3.8, 4) is 5.75 Å². The van der Waals surface area contributed by atoms with Crippen LogP contribution < -0.4 is 10.1 Å². The Hall–Kier alpha value is -0.730. The zero-order valence-electron chi connectivity index (χ0n) is 10.8. The lowest BCUT2D eigenvalue weighted by atomic mass is 10.2. The summed E-state index contributed by atoms with van der Waals surface area (Å²) < 4.78 is 5.79. The Labute approximate surface area is 109 Å². The van der Waals surface area contributed by atoms with Crippen molar-refractivity contribution in [2.24, 2.45) is 0 Å². The van der Waals surface area contributed by atoms with E-state index in [9.17, 15) is 0 Å². The number of hydrogen-bond donors (Lipinski definition) is 1. The molecule has 0 aliphatic rings. The summed E-state index contributed by atoms with van der Waals surface area (Å²) in [6.45, 7) is 3.79. The van der Waals surface area contributed by atoms with Gasteiger partial charge >= 0.3 is 0 Å². The largest absolute Gasteiger partial charge is 0.493 e. The normalized spacial score (nSPS) is 10.5. The van der Waals surface area contributed by atoms with E-state index in [1.54, 1.807) is 0 Å². The summed E-state index contributed by atoms with van der Waals surface area (Å²) in [7, 11) is 1.92. The zero-order chi connectivity index (χ0) is 12.5. The Bertz CT molecular complexity index is 328. The molecule has 96 valence electrons. The zero-order valence-corrected chi connectivity index (χ0v) is 11.5. The molecule has 0 aliphatic carbocycles. The van der Waals surface area contributed by atoms with Crippen LogP contribution in [0.4, 0.5) is 0 Å². The first-order valence-electron chi connectivity index (χ1n) is 6.33. The number of hydrogen-bond acceptors (Lipinski definition) is 2. The van der Waals surface area contributed by atoms with Gasteiger partial charge in [-0.25, -0.2) is 0 Å². The average Bonchev–Trinajstić information content (AvgIpc) is 2.32. The molecule has 0 unspecified atom stereocenters. The van der Waals surface area contributed by atoms with E-state index in [2.05, 4.69) is 12.2 Å². The summed E-state index contributed by atoms with van der Waals surface area (Å²) in [5, 5.41) is 3.88. The lowest BCUT2D eigenvalue weighted by molar-refractivity contribution is 0.301. The smallest absolute Gasteiger partial charge is 0.123 e. The van der Waals surface area contributed by atoms with Crippen LogP contribution in [0.25, 0.3) is 0 Å². The Kier molecular flexibility index (Phi) is 7.06. The molecule has 0 radical (unpaired) electrons. The molecule has 1 N–H and O–H groups in total. The van der Waals surface area contributed by atoms with Crippen LogP contribution in [-0.4, -0.2) is 13.7 Å². The Balaban J connectivity index is 2.45. The summed E-state index contributed by atoms with van der Waals surface area (Å²) >= 11 is 5.97. The molecule has 0 atom stereocenters. The van der Waals surface area contributed by atoms with Crippen molar-refractivity contribution in [2.45, 2.75) is 39.2 Å². The van der Waals surface area contributed by atoms with Crippen molar-refractivity contribution >= 4 is 11.6 Å². The van der Waals surface area contributed by atoms with Gasteiger partial charge in [0.25, 0.3) is 0 Å². The van der Waals surface area contributed by atoms with E-state index in [4.69, 9.17) is 16.3 Å². The van der Waals surface area contributed by atoms with Gasteiger partial charge < -0.3 is 10.1 Å². The summed E-state index contributed by atoms with van der Waals surface area (Å²) in [5.74, 6) is 0.945. The SMILES string of the molecule is CCCCCCOc1ccc(Cl)cc1CNC. The summed E-state index contributed by atoms with van der Waals surface area (Å²) in [4.78, 5) is 0. The van der Waals surface area contributed by atoms with E-state index in [0.717, 1.165) is 35.9 Å². The van der Waals surface area contributed by atoms with Crippen LogP contribution in [-0.2, 0) is 6.54 Å². The highest BCUT2D eigenvalue weighted by atomic mass is 35.5. The Morgan fingerprint density at radius 2 is 2.06 bits per heavy atom. The lowest BCUT2D eigenvalue weighted by Gasteiger charge is -2.11. The molecule has 2 nitrogen and oxygen atoms in total. The quantitative estimate of drug-likeness (QED) is 0.709. The minimum atomic E-state index is 0.758. The number of halogens is 1. The maximum absolute atomic E-state index is 5.97. The topological polar surface area (TPSA) is 21.3 Å². The maximum atomic E-state index is 5.97. The van der Waals surface area contributed by atoms with Gasteiger partial charge in [0.15, 0.2) is 0 Å². The van der Waals surface area contributed by atoms with Crippen molar-refractivity contribution in [1.82, 2.24) is 5.32 Å². The van der Waals surface area contributed by atoms with Gasteiger partial charge in [0.1, 0.15) is 5.75 Å². The highest BCUT2D eigenvalue weighted by Gasteiger charge is 2.03. The van der Waals surface area contributed by atoms with Crippen LogP contribution >= 0.6 is 11.6 Å². The van der Waals surface area contributed by atoms with Crippen molar-refractivity contribution in [1.29, 1.82) is 0 Å².